The molecule has 1 N–H and O–H groups in total. The maximum atomic E-state index is 8.48. The van der Waals surface area contributed by atoms with Crippen LogP contribution in [-0.4, -0.2) is 11.4 Å². The lowest BCUT2D eigenvalue weighted by Crippen LogP contribution is -3.00. The summed E-state index contributed by atoms with van der Waals surface area (Å²) in [5.41, 5.74) is 2.05. The van der Waals surface area contributed by atoms with Crippen molar-refractivity contribution in [3.63, 3.8) is 0 Å². The zero-order valence-electron chi connectivity index (χ0n) is 10.4. The van der Waals surface area contributed by atoms with Crippen molar-refractivity contribution in [2.45, 2.75) is 6.54 Å². The Hall–Kier alpha value is -1.94. The van der Waals surface area contributed by atoms with E-state index in [1.54, 1.807) is 0 Å². The quantitative estimate of drug-likeness (QED) is 0.351. The molecule has 0 fully saturated rings. The molecular formula is C15H15BrN2O. The molecule has 0 aliphatic carbocycles. The number of oxime groups is 1. The fourth-order valence-corrected chi connectivity index (χ4v) is 1.67. The van der Waals surface area contributed by atoms with Crippen LogP contribution in [0, 0.1) is 0 Å². The van der Waals surface area contributed by atoms with Crippen LogP contribution in [0.1, 0.15) is 11.1 Å². The molecule has 1 aromatic heterocycles. The van der Waals surface area contributed by atoms with Crippen LogP contribution >= 0.6 is 0 Å². The molecule has 0 atom stereocenters. The third kappa shape index (κ3) is 5.06. The van der Waals surface area contributed by atoms with Gasteiger partial charge in [0.1, 0.15) is 0 Å². The van der Waals surface area contributed by atoms with E-state index in [2.05, 4.69) is 29.4 Å². The van der Waals surface area contributed by atoms with Crippen LogP contribution in [0.3, 0.4) is 0 Å². The molecular weight excluding hydrogens is 304 g/mol. The van der Waals surface area contributed by atoms with Gasteiger partial charge in [0.2, 0.25) is 0 Å². The van der Waals surface area contributed by atoms with Gasteiger partial charge in [0.25, 0.3) is 0 Å². The first kappa shape index (κ1) is 15.1. The Kier molecular flexibility index (Phi) is 6.53. The van der Waals surface area contributed by atoms with E-state index in [1.165, 1.54) is 11.8 Å². The predicted molar refractivity (Wildman–Crippen MR) is 71.5 cm³/mol. The van der Waals surface area contributed by atoms with Gasteiger partial charge in [-0.05, 0) is 17.7 Å². The number of halogens is 1. The van der Waals surface area contributed by atoms with Crippen molar-refractivity contribution in [2.75, 3.05) is 0 Å². The Balaban J connectivity index is 0.00000180. The predicted octanol–water partition coefficient (Wildman–Crippen LogP) is -0.500. The van der Waals surface area contributed by atoms with Gasteiger partial charge in [0.15, 0.2) is 18.9 Å². The summed E-state index contributed by atoms with van der Waals surface area (Å²) in [6.45, 7) is 0.780. The maximum absolute atomic E-state index is 8.48. The third-order valence-corrected chi connectivity index (χ3v) is 2.51. The SMILES string of the molecule is ON=Cc1ccc[n+](CC=Cc2ccccc2)c1.[Br-]. The number of hydrogen-bond donors (Lipinski definition) is 1. The number of nitrogens with zero attached hydrogens (tertiary/aromatic N) is 2. The minimum absolute atomic E-state index is 0. The minimum Gasteiger partial charge on any atom is -1.00 e. The van der Waals surface area contributed by atoms with E-state index in [4.69, 9.17) is 5.21 Å². The summed E-state index contributed by atoms with van der Waals surface area (Å²) in [7, 11) is 0. The van der Waals surface area contributed by atoms with E-state index in [9.17, 15) is 0 Å². The molecule has 3 nitrogen and oxygen atoms in total. The van der Waals surface area contributed by atoms with E-state index in [1.807, 2.05) is 47.3 Å². The fourth-order valence-electron chi connectivity index (χ4n) is 1.67. The van der Waals surface area contributed by atoms with Crippen molar-refractivity contribution < 1.29 is 26.8 Å². The summed E-state index contributed by atoms with van der Waals surface area (Å²) >= 11 is 0. The number of hydrogen-bond acceptors (Lipinski definition) is 2. The average molecular weight is 319 g/mol. The van der Waals surface area contributed by atoms with Crippen LogP contribution in [0.2, 0.25) is 0 Å². The molecule has 0 aliphatic rings. The van der Waals surface area contributed by atoms with E-state index >= 15 is 0 Å². The second-order valence-corrected chi connectivity index (χ2v) is 3.89. The zero-order chi connectivity index (χ0) is 12.6. The fraction of sp³-hybridized carbons (Fsp3) is 0.0667. The summed E-state index contributed by atoms with van der Waals surface area (Å²) in [6, 6.07) is 14.0. The topological polar surface area (TPSA) is 36.5 Å². The third-order valence-electron chi connectivity index (χ3n) is 2.51. The van der Waals surface area contributed by atoms with Crippen LogP contribution in [-0.2, 0) is 6.54 Å². The van der Waals surface area contributed by atoms with Gasteiger partial charge in [-0.2, -0.15) is 0 Å². The largest absolute Gasteiger partial charge is 1.00 e. The molecule has 0 radical (unpaired) electrons. The molecule has 0 amide bonds. The lowest BCUT2D eigenvalue weighted by molar-refractivity contribution is -0.686. The highest BCUT2D eigenvalue weighted by Crippen LogP contribution is 2.00. The molecule has 0 unspecified atom stereocenters. The average Bonchev–Trinajstić information content (AvgIpc) is 2.41. The molecule has 19 heavy (non-hydrogen) atoms. The highest BCUT2D eigenvalue weighted by molar-refractivity contribution is 5.77. The van der Waals surface area contributed by atoms with Crippen LogP contribution in [0.15, 0.2) is 66.1 Å². The van der Waals surface area contributed by atoms with Crippen molar-refractivity contribution in [3.8, 4) is 0 Å². The summed E-state index contributed by atoms with van der Waals surface area (Å²) in [6.07, 6.45) is 9.49. The van der Waals surface area contributed by atoms with Gasteiger partial charge in [-0.3, -0.25) is 0 Å². The van der Waals surface area contributed by atoms with Gasteiger partial charge in [-0.15, -0.1) is 0 Å². The number of rotatable bonds is 4. The first-order valence-electron chi connectivity index (χ1n) is 5.76. The Morgan fingerprint density at radius 2 is 1.79 bits per heavy atom. The van der Waals surface area contributed by atoms with Gasteiger partial charge in [0, 0.05) is 6.07 Å². The molecule has 2 aromatic rings. The van der Waals surface area contributed by atoms with Crippen LogP contribution in [0.4, 0.5) is 0 Å². The molecule has 0 spiro atoms. The minimum atomic E-state index is 0. The van der Waals surface area contributed by atoms with Crippen molar-refractivity contribution in [3.05, 3.63) is 72.1 Å². The number of benzene rings is 1. The lowest BCUT2D eigenvalue weighted by atomic mass is 10.2. The molecule has 1 heterocycles. The number of pyridine rings is 1. The highest BCUT2D eigenvalue weighted by atomic mass is 79.9. The van der Waals surface area contributed by atoms with Crippen molar-refractivity contribution in [2.24, 2.45) is 5.16 Å². The first-order valence-corrected chi connectivity index (χ1v) is 5.76. The van der Waals surface area contributed by atoms with E-state index < -0.39 is 0 Å². The summed E-state index contributed by atoms with van der Waals surface area (Å²) in [5, 5.41) is 11.5. The maximum Gasteiger partial charge on any atom is 0.178 e. The van der Waals surface area contributed by atoms with Crippen molar-refractivity contribution in [1.82, 2.24) is 0 Å². The van der Waals surface area contributed by atoms with Gasteiger partial charge in [0.05, 0.1) is 11.8 Å². The Morgan fingerprint density at radius 1 is 1.05 bits per heavy atom. The number of allylic oxidation sites excluding steroid dienone is 1. The van der Waals surface area contributed by atoms with Crippen molar-refractivity contribution in [1.29, 1.82) is 0 Å². The Morgan fingerprint density at radius 3 is 2.53 bits per heavy atom. The van der Waals surface area contributed by atoms with Crippen LogP contribution < -0.4 is 21.5 Å². The molecule has 0 saturated heterocycles. The lowest BCUT2D eigenvalue weighted by Gasteiger charge is -1.94. The molecule has 0 aliphatic heterocycles. The van der Waals surface area contributed by atoms with Gasteiger partial charge >= 0.3 is 0 Å². The normalized spacial score (nSPS) is 10.7. The van der Waals surface area contributed by atoms with E-state index in [0.717, 1.165) is 12.1 Å². The number of aromatic nitrogens is 1. The van der Waals surface area contributed by atoms with Gasteiger partial charge in [-0.1, -0.05) is 41.6 Å². The summed E-state index contributed by atoms with van der Waals surface area (Å²) < 4.78 is 2.02. The molecule has 0 saturated carbocycles. The smallest absolute Gasteiger partial charge is 0.178 e. The molecule has 0 bridgehead atoms. The van der Waals surface area contributed by atoms with Gasteiger partial charge in [-0.25, -0.2) is 4.57 Å². The molecule has 1 aromatic carbocycles. The highest BCUT2D eigenvalue weighted by Gasteiger charge is 1.98. The first-order chi connectivity index (χ1) is 8.88. The Labute approximate surface area is 123 Å². The van der Waals surface area contributed by atoms with E-state index in [0.29, 0.717) is 0 Å². The monoisotopic (exact) mass is 318 g/mol. The Bertz CT molecular complexity index is 553. The molecule has 2 rings (SSSR count). The standard InChI is InChI=1S/C15H14N2O.BrH/c18-16-12-15-9-5-11-17(13-15)10-4-8-14-6-2-1-3-7-14;/h1-9,11-13H,10H2;1H. The van der Waals surface area contributed by atoms with Crippen molar-refractivity contribution >= 4 is 12.3 Å². The van der Waals surface area contributed by atoms with Crippen LogP contribution in [0.5, 0.6) is 0 Å². The van der Waals surface area contributed by atoms with Crippen LogP contribution in [0.25, 0.3) is 6.08 Å². The van der Waals surface area contributed by atoms with Gasteiger partial charge < -0.3 is 22.2 Å². The summed E-state index contributed by atoms with van der Waals surface area (Å²) in [4.78, 5) is 0. The molecule has 4 heteroatoms. The summed E-state index contributed by atoms with van der Waals surface area (Å²) in [5.74, 6) is 0. The van der Waals surface area contributed by atoms with E-state index in [-0.39, 0.29) is 17.0 Å². The zero-order valence-corrected chi connectivity index (χ0v) is 11.9. The second kappa shape index (κ2) is 8.21. The molecule has 98 valence electrons. The second-order valence-electron chi connectivity index (χ2n) is 3.89.